The molecule has 116 valence electrons. The maximum absolute atomic E-state index is 13.0. The molecule has 2 aromatic carbocycles. The molecule has 0 aliphatic heterocycles. The third-order valence-electron chi connectivity index (χ3n) is 3.31. The Kier molecular flexibility index (Phi) is 5.61. The van der Waals surface area contributed by atoms with Crippen LogP contribution in [0.15, 0.2) is 48.5 Å². The Bertz CT molecular complexity index is 632. The van der Waals surface area contributed by atoms with Crippen molar-refractivity contribution < 1.29 is 13.6 Å². The molecule has 2 N–H and O–H groups in total. The summed E-state index contributed by atoms with van der Waals surface area (Å²) in [4.78, 5) is 11.8. The molecule has 2 rings (SSSR count). The zero-order valence-corrected chi connectivity index (χ0v) is 12.3. The van der Waals surface area contributed by atoms with E-state index >= 15 is 0 Å². The van der Waals surface area contributed by atoms with Crippen molar-refractivity contribution in [2.75, 3.05) is 11.9 Å². The number of nitrogens with one attached hydrogen (secondary N) is 2. The summed E-state index contributed by atoms with van der Waals surface area (Å²) in [5, 5.41) is 5.78. The number of amides is 1. The van der Waals surface area contributed by atoms with Gasteiger partial charge in [-0.1, -0.05) is 30.3 Å². The number of benzene rings is 2. The number of hydrogen-bond acceptors (Lipinski definition) is 2. The normalized spacial score (nSPS) is 12.0. The van der Waals surface area contributed by atoms with Gasteiger partial charge in [0.15, 0.2) is 11.6 Å². The molecule has 0 saturated carbocycles. The molecule has 1 amide bonds. The summed E-state index contributed by atoms with van der Waals surface area (Å²) in [6.45, 7) is 2.51. The minimum atomic E-state index is -0.978. The highest BCUT2D eigenvalue weighted by Gasteiger charge is 2.08. The van der Waals surface area contributed by atoms with Crippen molar-refractivity contribution in [3.8, 4) is 0 Å². The molecular weight excluding hydrogens is 286 g/mol. The molecule has 1 unspecified atom stereocenters. The minimum absolute atomic E-state index is 0.136. The van der Waals surface area contributed by atoms with E-state index in [9.17, 15) is 13.6 Å². The van der Waals surface area contributed by atoms with Crippen LogP contribution in [-0.4, -0.2) is 12.5 Å². The van der Waals surface area contributed by atoms with Crippen LogP contribution in [-0.2, 0) is 4.79 Å². The fraction of sp³-hybridized carbons (Fsp3) is 0.235. The minimum Gasteiger partial charge on any atom is -0.326 e. The molecule has 5 heteroatoms. The van der Waals surface area contributed by atoms with Crippen LogP contribution in [0.5, 0.6) is 0 Å². The van der Waals surface area contributed by atoms with E-state index in [2.05, 4.69) is 10.6 Å². The Labute approximate surface area is 128 Å². The first-order valence-corrected chi connectivity index (χ1v) is 7.09. The maximum Gasteiger partial charge on any atom is 0.225 e. The van der Waals surface area contributed by atoms with Crippen molar-refractivity contribution in [2.45, 2.75) is 19.4 Å². The molecule has 0 radical (unpaired) electrons. The zero-order chi connectivity index (χ0) is 15.9. The average molecular weight is 304 g/mol. The fourth-order valence-corrected chi connectivity index (χ4v) is 2.06. The average Bonchev–Trinajstić information content (AvgIpc) is 2.51. The molecule has 3 nitrogen and oxygen atoms in total. The molecule has 0 aliphatic rings. The van der Waals surface area contributed by atoms with E-state index in [0.29, 0.717) is 6.54 Å². The van der Waals surface area contributed by atoms with Gasteiger partial charge in [-0.15, -0.1) is 0 Å². The SMILES string of the molecule is CC(NCCC(=O)Nc1ccc(F)c(F)c1)c1ccccc1. The smallest absolute Gasteiger partial charge is 0.225 e. The van der Waals surface area contributed by atoms with Crippen LogP contribution < -0.4 is 10.6 Å². The van der Waals surface area contributed by atoms with Crippen LogP contribution in [0.2, 0.25) is 0 Å². The third kappa shape index (κ3) is 4.63. The number of carbonyl (C=O) groups excluding carboxylic acids is 1. The molecule has 0 fully saturated rings. The number of halogens is 2. The first kappa shape index (κ1) is 16.1. The Balaban J connectivity index is 1.77. The topological polar surface area (TPSA) is 41.1 Å². The first-order valence-electron chi connectivity index (χ1n) is 7.09. The number of rotatable bonds is 6. The summed E-state index contributed by atoms with van der Waals surface area (Å²) in [5.74, 6) is -2.16. The summed E-state index contributed by atoms with van der Waals surface area (Å²) < 4.78 is 25.8. The predicted octanol–water partition coefficient (Wildman–Crippen LogP) is 3.64. The summed E-state index contributed by atoms with van der Waals surface area (Å²) in [5.41, 5.74) is 1.39. The lowest BCUT2D eigenvalue weighted by atomic mass is 10.1. The fourth-order valence-electron chi connectivity index (χ4n) is 2.06. The zero-order valence-electron chi connectivity index (χ0n) is 12.3. The second-order valence-electron chi connectivity index (χ2n) is 5.01. The molecule has 0 spiro atoms. The van der Waals surface area contributed by atoms with Crippen molar-refractivity contribution in [2.24, 2.45) is 0 Å². The van der Waals surface area contributed by atoms with Crippen molar-refractivity contribution in [1.82, 2.24) is 5.32 Å². The molecule has 0 bridgehead atoms. The van der Waals surface area contributed by atoms with Gasteiger partial charge in [0.2, 0.25) is 5.91 Å². The summed E-state index contributed by atoms with van der Waals surface area (Å²) in [6, 6.07) is 13.3. The molecule has 0 aliphatic carbocycles. The lowest BCUT2D eigenvalue weighted by Gasteiger charge is -2.14. The van der Waals surface area contributed by atoms with Gasteiger partial charge in [-0.25, -0.2) is 8.78 Å². The van der Waals surface area contributed by atoms with E-state index in [0.717, 1.165) is 17.7 Å². The number of carbonyl (C=O) groups is 1. The Morgan fingerprint density at radius 3 is 2.50 bits per heavy atom. The largest absolute Gasteiger partial charge is 0.326 e. The van der Waals surface area contributed by atoms with Crippen LogP contribution in [0.4, 0.5) is 14.5 Å². The van der Waals surface area contributed by atoms with Gasteiger partial charge >= 0.3 is 0 Å². The van der Waals surface area contributed by atoms with Gasteiger partial charge in [0.05, 0.1) is 0 Å². The van der Waals surface area contributed by atoms with E-state index in [4.69, 9.17) is 0 Å². The maximum atomic E-state index is 13.0. The van der Waals surface area contributed by atoms with Gasteiger partial charge in [-0.2, -0.15) is 0 Å². The van der Waals surface area contributed by atoms with Gasteiger partial charge in [0.1, 0.15) is 0 Å². The number of anilines is 1. The highest BCUT2D eigenvalue weighted by Crippen LogP contribution is 2.13. The summed E-state index contributed by atoms with van der Waals surface area (Å²) >= 11 is 0. The molecule has 22 heavy (non-hydrogen) atoms. The standard InChI is InChI=1S/C17H18F2N2O/c1-12(13-5-3-2-4-6-13)20-10-9-17(22)21-14-7-8-15(18)16(19)11-14/h2-8,11-12,20H,9-10H2,1H3,(H,21,22). The molecule has 0 saturated heterocycles. The van der Waals surface area contributed by atoms with Crippen LogP contribution >= 0.6 is 0 Å². The van der Waals surface area contributed by atoms with E-state index < -0.39 is 11.6 Å². The van der Waals surface area contributed by atoms with Gasteiger partial charge in [0, 0.05) is 30.8 Å². The van der Waals surface area contributed by atoms with E-state index in [-0.39, 0.29) is 24.1 Å². The summed E-state index contributed by atoms with van der Waals surface area (Å²) in [7, 11) is 0. The molecule has 0 heterocycles. The van der Waals surface area contributed by atoms with E-state index in [1.165, 1.54) is 6.07 Å². The third-order valence-corrected chi connectivity index (χ3v) is 3.31. The van der Waals surface area contributed by atoms with Gasteiger partial charge in [-0.05, 0) is 24.6 Å². The highest BCUT2D eigenvalue weighted by molar-refractivity contribution is 5.90. The van der Waals surface area contributed by atoms with Gasteiger partial charge in [0.25, 0.3) is 0 Å². The second kappa shape index (κ2) is 7.66. The predicted molar refractivity (Wildman–Crippen MR) is 82.5 cm³/mol. The Hall–Kier alpha value is -2.27. The Morgan fingerprint density at radius 2 is 1.82 bits per heavy atom. The van der Waals surface area contributed by atoms with Gasteiger partial charge in [-0.3, -0.25) is 4.79 Å². The van der Waals surface area contributed by atoms with Crippen molar-refractivity contribution in [1.29, 1.82) is 0 Å². The van der Waals surface area contributed by atoms with E-state index in [1.807, 2.05) is 37.3 Å². The first-order chi connectivity index (χ1) is 10.6. The van der Waals surface area contributed by atoms with Crippen LogP contribution in [0.3, 0.4) is 0 Å². The lowest BCUT2D eigenvalue weighted by Crippen LogP contribution is -2.24. The quantitative estimate of drug-likeness (QED) is 0.855. The molecule has 1 atom stereocenters. The second-order valence-corrected chi connectivity index (χ2v) is 5.01. The van der Waals surface area contributed by atoms with Gasteiger partial charge < -0.3 is 10.6 Å². The van der Waals surface area contributed by atoms with Crippen LogP contribution in [0, 0.1) is 11.6 Å². The van der Waals surface area contributed by atoms with Crippen LogP contribution in [0.1, 0.15) is 24.9 Å². The lowest BCUT2D eigenvalue weighted by molar-refractivity contribution is -0.116. The van der Waals surface area contributed by atoms with Crippen molar-refractivity contribution in [3.63, 3.8) is 0 Å². The summed E-state index contributed by atoms with van der Waals surface area (Å²) in [6.07, 6.45) is 0.246. The molecule has 0 aromatic heterocycles. The van der Waals surface area contributed by atoms with Crippen molar-refractivity contribution >= 4 is 11.6 Å². The van der Waals surface area contributed by atoms with E-state index in [1.54, 1.807) is 0 Å². The Morgan fingerprint density at radius 1 is 1.09 bits per heavy atom. The monoisotopic (exact) mass is 304 g/mol. The van der Waals surface area contributed by atoms with Crippen molar-refractivity contribution in [3.05, 3.63) is 65.7 Å². The molecular formula is C17H18F2N2O. The number of hydrogen-bond donors (Lipinski definition) is 2. The highest BCUT2D eigenvalue weighted by atomic mass is 19.2. The molecule has 2 aromatic rings. The van der Waals surface area contributed by atoms with Crippen LogP contribution in [0.25, 0.3) is 0 Å².